The molecule has 7 heteroatoms. The minimum Gasteiger partial charge on any atom is -0.495 e. The van der Waals surface area contributed by atoms with Gasteiger partial charge in [0.2, 0.25) is 0 Å². The van der Waals surface area contributed by atoms with Crippen LogP contribution in [0.2, 0.25) is 0 Å². The van der Waals surface area contributed by atoms with Crippen LogP contribution in [-0.4, -0.2) is 21.2 Å². The Kier molecular flexibility index (Phi) is 5.48. The number of fused-ring (bicyclic) bond motifs is 9. The molecule has 0 unspecified atom stereocenters. The van der Waals surface area contributed by atoms with Crippen molar-refractivity contribution in [2.45, 2.75) is 0 Å². The summed E-state index contributed by atoms with van der Waals surface area (Å²) in [6, 6.07) is 37.2. The molecule has 6 nitrogen and oxygen atoms in total. The number of ether oxygens (including phenoxy) is 1. The van der Waals surface area contributed by atoms with Gasteiger partial charge >= 0.3 is 0 Å². The summed E-state index contributed by atoms with van der Waals surface area (Å²) in [5.41, 5.74) is 3.37. The minimum absolute atomic E-state index is 0.359. The van der Waals surface area contributed by atoms with Crippen molar-refractivity contribution < 1.29 is 4.74 Å². The lowest BCUT2D eigenvalue weighted by atomic mass is 10.0. The van der Waals surface area contributed by atoms with Gasteiger partial charge in [-0.2, -0.15) is 0 Å². The largest absolute Gasteiger partial charge is 0.495 e. The van der Waals surface area contributed by atoms with E-state index in [9.17, 15) is 9.59 Å². The summed E-state index contributed by atoms with van der Waals surface area (Å²) in [5, 5.41) is 5.32. The summed E-state index contributed by atoms with van der Waals surface area (Å²) in [6.07, 6.45) is 1.79. The molecule has 0 N–H and O–H groups in total. The summed E-state index contributed by atoms with van der Waals surface area (Å²) in [6.45, 7) is 0. The number of nitrogens with zero attached hydrogens (tertiary/aromatic N) is 3. The third-order valence-corrected chi connectivity index (χ3v) is 9.85. The van der Waals surface area contributed by atoms with Gasteiger partial charge in [0.25, 0.3) is 11.1 Å². The second-order valence-corrected chi connectivity index (χ2v) is 12.1. The molecule has 0 amide bonds. The highest BCUT2D eigenvalue weighted by atomic mass is 32.1. The van der Waals surface area contributed by atoms with Gasteiger partial charge in [0.1, 0.15) is 5.75 Å². The molecular formula is C38H23N3O3S. The normalized spacial score (nSPS) is 11.8. The molecule has 0 aliphatic carbocycles. The van der Waals surface area contributed by atoms with Crippen molar-refractivity contribution in [1.29, 1.82) is 0 Å². The van der Waals surface area contributed by atoms with Gasteiger partial charge < -0.3 is 9.30 Å². The van der Waals surface area contributed by atoms with Gasteiger partial charge in [-0.3, -0.25) is 14.6 Å². The Bertz CT molecular complexity index is 2780. The van der Waals surface area contributed by atoms with Crippen LogP contribution in [0.5, 0.6) is 5.75 Å². The molecular weight excluding hydrogens is 579 g/mol. The van der Waals surface area contributed by atoms with E-state index in [1.165, 1.54) is 4.57 Å². The van der Waals surface area contributed by atoms with E-state index in [4.69, 9.17) is 9.72 Å². The van der Waals surface area contributed by atoms with Crippen LogP contribution in [0.25, 0.3) is 75.0 Å². The van der Waals surface area contributed by atoms with Gasteiger partial charge in [-0.25, -0.2) is 4.57 Å². The maximum atomic E-state index is 14.6. The lowest BCUT2D eigenvalue weighted by Gasteiger charge is -2.07. The van der Waals surface area contributed by atoms with Crippen LogP contribution in [0, 0.1) is 0 Å². The number of hydrogen-bond acceptors (Lipinski definition) is 5. The number of para-hydroxylation sites is 2. The van der Waals surface area contributed by atoms with Crippen LogP contribution < -0.4 is 15.9 Å². The lowest BCUT2D eigenvalue weighted by molar-refractivity contribution is 0.420. The van der Waals surface area contributed by atoms with Crippen molar-refractivity contribution in [3.63, 3.8) is 0 Å². The van der Waals surface area contributed by atoms with E-state index >= 15 is 0 Å². The molecule has 0 aliphatic rings. The Morgan fingerprint density at radius 2 is 1.24 bits per heavy atom. The first-order chi connectivity index (χ1) is 22.1. The Balaban J connectivity index is 1.55. The highest BCUT2D eigenvalue weighted by molar-refractivity contribution is 7.26. The zero-order valence-electron chi connectivity index (χ0n) is 24.0. The Morgan fingerprint density at radius 1 is 0.578 bits per heavy atom. The average molecular weight is 602 g/mol. The van der Waals surface area contributed by atoms with Crippen molar-refractivity contribution in [1.82, 2.24) is 14.1 Å². The smallest absolute Gasteiger partial charge is 0.266 e. The van der Waals surface area contributed by atoms with Crippen molar-refractivity contribution in [2.24, 2.45) is 0 Å². The van der Waals surface area contributed by atoms with Crippen LogP contribution in [0.3, 0.4) is 0 Å². The quantitative estimate of drug-likeness (QED) is 0.204. The number of aromatic nitrogens is 3. The molecule has 0 atom stereocenters. The molecule has 9 aromatic rings. The average Bonchev–Trinajstić information content (AvgIpc) is 3.60. The van der Waals surface area contributed by atoms with E-state index in [0.717, 1.165) is 58.9 Å². The third kappa shape index (κ3) is 3.65. The first kappa shape index (κ1) is 25.7. The first-order valence-corrected chi connectivity index (χ1v) is 15.4. The summed E-state index contributed by atoms with van der Waals surface area (Å²) in [7, 11) is 1.67. The predicted octanol–water partition coefficient (Wildman–Crippen LogP) is 8.37. The van der Waals surface area contributed by atoms with E-state index in [2.05, 4.69) is 16.7 Å². The molecule has 4 aromatic heterocycles. The minimum atomic E-state index is -0.369. The fourth-order valence-corrected chi connectivity index (χ4v) is 7.87. The van der Waals surface area contributed by atoms with E-state index in [0.29, 0.717) is 21.8 Å². The monoisotopic (exact) mass is 601 g/mol. The van der Waals surface area contributed by atoms with Gasteiger partial charge in [0.05, 0.1) is 39.4 Å². The van der Waals surface area contributed by atoms with Crippen LogP contribution in [-0.2, 0) is 0 Å². The fraction of sp³-hybridized carbons (Fsp3) is 0.0263. The number of thiophene rings is 1. The molecule has 0 bridgehead atoms. The summed E-state index contributed by atoms with van der Waals surface area (Å²) >= 11 is 1.59. The van der Waals surface area contributed by atoms with Crippen LogP contribution in [0.1, 0.15) is 0 Å². The third-order valence-electron chi connectivity index (χ3n) is 8.67. The molecule has 0 aliphatic heterocycles. The molecule has 0 spiro atoms. The molecule has 214 valence electrons. The Labute approximate surface area is 259 Å². The molecule has 0 fully saturated rings. The zero-order chi connectivity index (χ0) is 30.2. The van der Waals surface area contributed by atoms with E-state index in [-0.39, 0.29) is 11.1 Å². The fourth-order valence-electron chi connectivity index (χ4n) is 6.66. The van der Waals surface area contributed by atoms with Gasteiger partial charge in [0, 0.05) is 38.1 Å². The predicted molar refractivity (Wildman–Crippen MR) is 185 cm³/mol. The van der Waals surface area contributed by atoms with Crippen molar-refractivity contribution >= 4 is 75.0 Å². The molecule has 4 heterocycles. The number of hydrogen-bond donors (Lipinski definition) is 0. The second kappa shape index (κ2) is 9.61. The standard InChI is InChI=1S/C38H23N3O3S/c1-44-33-16-8-14-24-27-18-25-26-19-30-32(40(22-10-4-2-5-11-22)31-15-9-17-39-35(30)31)20-28(26)37(42)41(23-12-6-3-7-13-23)38(43)29(25)21-34(27)45-36(24)33/h2-21H,1H3. The van der Waals surface area contributed by atoms with Gasteiger partial charge in [-0.15, -0.1) is 11.3 Å². The molecule has 45 heavy (non-hydrogen) atoms. The maximum absolute atomic E-state index is 14.6. The molecule has 5 aromatic carbocycles. The van der Waals surface area contributed by atoms with E-state index < -0.39 is 0 Å². The summed E-state index contributed by atoms with van der Waals surface area (Å²) in [5.74, 6) is 0.790. The van der Waals surface area contributed by atoms with Crippen molar-refractivity contribution in [3.8, 4) is 17.1 Å². The maximum Gasteiger partial charge on any atom is 0.266 e. The first-order valence-electron chi connectivity index (χ1n) is 14.6. The highest BCUT2D eigenvalue weighted by Crippen LogP contribution is 2.42. The Morgan fingerprint density at radius 3 is 1.96 bits per heavy atom. The number of rotatable bonds is 3. The van der Waals surface area contributed by atoms with Crippen LogP contribution in [0.4, 0.5) is 0 Å². The van der Waals surface area contributed by atoms with Gasteiger partial charge in [-0.05, 0) is 77.5 Å². The Hall–Kier alpha value is -5.79. The molecule has 0 saturated carbocycles. The van der Waals surface area contributed by atoms with Gasteiger partial charge in [0.15, 0.2) is 0 Å². The lowest BCUT2D eigenvalue weighted by Crippen LogP contribution is -2.28. The molecule has 0 saturated heterocycles. The number of pyridine rings is 1. The molecule has 9 rings (SSSR count). The van der Waals surface area contributed by atoms with E-state index in [1.54, 1.807) is 36.8 Å². The topological polar surface area (TPSA) is 66.1 Å². The SMILES string of the molecule is COc1cccc2c1sc1cc3c(=O)n(-c4ccccc4)c(=O)c4cc5c(cc4c3cc12)c1ncccc1n5-c1ccccc1. The zero-order valence-corrected chi connectivity index (χ0v) is 24.8. The van der Waals surface area contributed by atoms with Crippen molar-refractivity contribution in [2.75, 3.05) is 7.11 Å². The molecule has 0 radical (unpaired) electrons. The van der Waals surface area contributed by atoms with Crippen molar-refractivity contribution in [3.05, 3.63) is 142 Å². The highest BCUT2D eigenvalue weighted by Gasteiger charge is 2.20. The summed E-state index contributed by atoms with van der Waals surface area (Å²) < 4.78 is 11.1. The summed E-state index contributed by atoms with van der Waals surface area (Å²) in [4.78, 5) is 33.9. The van der Waals surface area contributed by atoms with Gasteiger partial charge in [-0.1, -0.05) is 48.5 Å². The number of methoxy groups -OCH3 is 1. The van der Waals surface area contributed by atoms with Crippen LogP contribution in [0.15, 0.2) is 131 Å². The van der Waals surface area contributed by atoms with E-state index in [1.807, 2.05) is 91.0 Å². The van der Waals surface area contributed by atoms with Crippen LogP contribution >= 0.6 is 11.3 Å². The number of benzene rings is 5. The second-order valence-electron chi connectivity index (χ2n) is 11.1.